The van der Waals surface area contributed by atoms with Gasteiger partial charge in [-0.25, -0.2) is 10.4 Å². The molecule has 1 heterocycles. The first-order valence-corrected chi connectivity index (χ1v) is 5.26. The molecule has 3 rings (SSSR count). The third kappa shape index (κ3) is 2.10. The molecule has 5 heteroatoms. The molecule has 1 N–H and O–H groups in total. The van der Waals surface area contributed by atoms with Gasteiger partial charge in [-0.2, -0.15) is 0 Å². The molecule has 3 aromatic rings. The maximum atomic E-state index is 10.5. The van der Waals surface area contributed by atoms with Crippen LogP contribution in [0.15, 0.2) is 53.8 Å². The minimum atomic E-state index is 0. The molecule has 0 saturated carbocycles. The van der Waals surface area contributed by atoms with E-state index in [-0.39, 0.29) is 29.6 Å². The molecule has 1 aromatic heterocycles. The molecule has 0 fully saturated rings. The molecule has 0 saturated heterocycles. The quantitative estimate of drug-likeness (QED) is 0.310. The minimum Gasteiger partial charge on any atom is -0.248 e. The van der Waals surface area contributed by atoms with Crippen LogP contribution < -0.4 is 35.0 Å². The fourth-order valence-corrected chi connectivity index (χ4v) is 2.01. The van der Waals surface area contributed by atoms with Crippen molar-refractivity contribution in [3.8, 4) is 0 Å². The Balaban J connectivity index is 0.00000120. The predicted octanol–water partition coefficient (Wildman–Crippen LogP) is 0.485. The number of fused-ring (bicyclic) bond motifs is 2. The van der Waals surface area contributed by atoms with Gasteiger partial charge < -0.3 is 0 Å². The van der Waals surface area contributed by atoms with Crippen molar-refractivity contribution in [2.24, 2.45) is 5.29 Å². The molecule has 4 nitrogen and oxygen atoms in total. The molecule has 0 amide bonds. The van der Waals surface area contributed by atoms with Gasteiger partial charge >= 0.3 is 29.6 Å². The molecule has 0 spiro atoms. The topological polar surface area (TPSA) is 54.4 Å². The van der Waals surface area contributed by atoms with Crippen molar-refractivity contribution in [2.45, 2.75) is 0 Å². The Bertz CT molecular complexity index is 661. The van der Waals surface area contributed by atoms with Gasteiger partial charge in [-0.15, -0.1) is 4.91 Å². The van der Waals surface area contributed by atoms with Gasteiger partial charge in [0.1, 0.15) is 0 Å². The Kier molecular flexibility index (Phi) is 3.91. The predicted molar refractivity (Wildman–Crippen MR) is 68.7 cm³/mol. The van der Waals surface area contributed by atoms with E-state index in [0.717, 1.165) is 21.8 Å². The summed E-state index contributed by atoms with van der Waals surface area (Å²) in [5, 5.41) is 4.57. The van der Waals surface area contributed by atoms with E-state index in [0.29, 0.717) is 5.69 Å². The zero-order valence-electron chi connectivity index (χ0n) is 9.92. The summed E-state index contributed by atoms with van der Waals surface area (Å²) in [4.78, 5) is 15.0. The average Bonchev–Trinajstić information content (AvgIpc) is 2.39. The number of nitrogens with zero attached hydrogens (tertiary/aromatic N) is 2. The van der Waals surface area contributed by atoms with E-state index in [1.165, 1.54) is 0 Å². The zero-order chi connectivity index (χ0) is 11.7. The molecule has 0 aliphatic heterocycles. The first kappa shape index (κ1) is 13.0. The summed E-state index contributed by atoms with van der Waals surface area (Å²) >= 11 is 0. The van der Waals surface area contributed by atoms with Gasteiger partial charge in [0.2, 0.25) is 0 Å². The van der Waals surface area contributed by atoms with Gasteiger partial charge in [0.25, 0.3) is 0 Å². The number of nitrogens with one attached hydrogen (secondary N) is 1. The van der Waals surface area contributed by atoms with Crippen molar-refractivity contribution < 1.29 is 29.6 Å². The summed E-state index contributed by atoms with van der Waals surface area (Å²) in [6, 6.07) is 15.3. The van der Waals surface area contributed by atoms with Crippen LogP contribution in [0, 0.1) is 4.91 Å². The summed E-state index contributed by atoms with van der Waals surface area (Å²) in [7, 11) is 0. The van der Waals surface area contributed by atoms with E-state index in [9.17, 15) is 4.91 Å². The second kappa shape index (κ2) is 5.44. The van der Waals surface area contributed by atoms with Crippen LogP contribution in [0.1, 0.15) is 0 Å². The van der Waals surface area contributed by atoms with Gasteiger partial charge in [-0.3, -0.25) is 0 Å². The van der Waals surface area contributed by atoms with Crippen molar-refractivity contribution in [3.63, 3.8) is 0 Å². The van der Waals surface area contributed by atoms with Crippen molar-refractivity contribution in [2.75, 3.05) is 5.43 Å². The number of aromatic nitrogens is 1. The van der Waals surface area contributed by atoms with Crippen LogP contribution in [0.2, 0.25) is 0 Å². The third-order valence-corrected chi connectivity index (χ3v) is 2.75. The smallest absolute Gasteiger partial charge is 0.248 e. The Labute approximate surface area is 126 Å². The zero-order valence-corrected chi connectivity index (χ0v) is 11.9. The largest absolute Gasteiger partial charge is 1.00 e. The number of para-hydroxylation sites is 2. The molecule has 0 aliphatic rings. The number of hydrogen-bond donors (Lipinski definition) is 1. The monoisotopic (exact) mass is 246 g/mol. The van der Waals surface area contributed by atoms with Crippen LogP contribution in [0.3, 0.4) is 0 Å². The van der Waals surface area contributed by atoms with Gasteiger partial charge in [0.05, 0.1) is 22.0 Å². The van der Waals surface area contributed by atoms with Gasteiger partial charge in [-0.05, 0) is 12.1 Å². The molecular formula is C13H9N3NaO+. The van der Waals surface area contributed by atoms with Gasteiger partial charge in [0, 0.05) is 10.8 Å². The van der Waals surface area contributed by atoms with E-state index in [4.69, 9.17) is 0 Å². The number of hydrogen-bond acceptors (Lipinski definition) is 3. The molecule has 2 aromatic carbocycles. The molecule has 18 heavy (non-hydrogen) atoms. The Morgan fingerprint density at radius 2 is 1.39 bits per heavy atom. The Morgan fingerprint density at radius 3 is 1.89 bits per heavy atom. The van der Waals surface area contributed by atoms with Crippen LogP contribution in [-0.4, -0.2) is 4.98 Å². The Morgan fingerprint density at radius 1 is 0.889 bits per heavy atom. The van der Waals surface area contributed by atoms with Crippen LogP contribution >= 0.6 is 0 Å². The van der Waals surface area contributed by atoms with E-state index >= 15 is 0 Å². The van der Waals surface area contributed by atoms with Crippen LogP contribution in [0.25, 0.3) is 21.8 Å². The number of benzene rings is 2. The first-order valence-electron chi connectivity index (χ1n) is 5.26. The fourth-order valence-electron chi connectivity index (χ4n) is 2.01. The summed E-state index contributed by atoms with van der Waals surface area (Å²) in [6.45, 7) is 0. The van der Waals surface area contributed by atoms with E-state index in [1.807, 2.05) is 48.5 Å². The van der Waals surface area contributed by atoms with Crippen LogP contribution in [0.4, 0.5) is 5.69 Å². The summed E-state index contributed by atoms with van der Waals surface area (Å²) in [5.74, 6) is 0. The SMILES string of the molecule is O=NNc1c2ccccc2nc2ccccc12.[Na+]. The van der Waals surface area contributed by atoms with E-state index < -0.39 is 0 Å². The summed E-state index contributed by atoms with van der Waals surface area (Å²) < 4.78 is 0. The van der Waals surface area contributed by atoms with Crippen LogP contribution in [-0.2, 0) is 0 Å². The summed E-state index contributed by atoms with van der Waals surface area (Å²) in [5.41, 5.74) is 4.92. The van der Waals surface area contributed by atoms with Gasteiger partial charge in [-0.1, -0.05) is 36.4 Å². The van der Waals surface area contributed by atoms with Crippen molar-refractivity contribution in [3.05, 3.63) is 53.4 Å². The Hall–Kier alpha value is -1.49. The number of pyridine rings is 1. The molecule has 0 aliphatic carbocycles. The molecular weight excluding hydrogens is 237 g/mol. The fraction of sp³-hybridized carbons (Fsp3) is 0. The van der Waals surface area contributed by atoms with Crippen molar-refractivity contribution in [1.82, 2.24) is 4.98 Å². The summed E-state index contributed by atoms with van der Waals surface area (Å²) in [6.07, 6.45) is 0. The number of nitroso groups, excluding NO2 is 1. The standard InChI is InChI=1S/C13H9N3O.Na/c17-16-15-13-9-5-1-3-7-11(9)14-12-8-4-2-6-10(12)13;/h1-8H,(H,14,15,17);/q;+1. The normalized spacial score (nSPS) is 10.0. The maximum Gasteiger partial charge on any atom is 1.00 e. The van der Waals surface area contributed by atoms with Crippen LogP contribution in [0.5, 0.6) is 0 Å². The molecule has 0 bridgehead atoms. The van der Waals surface area contributed by atoms with E-state index in [1.54, 1.807) is 0 Å². The molecule has 0 atom stereocenters. The van der Waals surface area contributed by atoms with Gasteiger partial charge in [0.15, 0.2) is 0 Å². The second-order valence-electron chi connectivity index (χ2n) is 3.72. The minimum absolute atomic E-state index is 0. The maximum absolute atomic E-state index is 10.5. The number of rotatable bonds is 2. The third-order valence-electron chi connectivity index (χ3n) is 2.75. The molecule has 0 radical (unpaired) electrons. The second-order valence-corrected chi connectivity index (χ2v) is 3.72. The molecule has 0 unspecified atom stereocenters. The average molecular weight is 246 g/mol. The van der Waals surface area contributed by atoms with Crippen molar-refractivity contribution >= 4 is 27.5 Å². The van der Waals surface area contributed by atoms with Crippen molar-refractivity contribution in [1.29, 1.82) is 0 Å². The van der Waals surface area contributed by atoms with E-state index in [2.05, 4.69) is 15.7 Å². The number of anilines is 1. The first-order chi connectivity index (χ1) is 8.40. The molecule has 82 valence electrons.